The minimum atomic E-state index is -0.601. The van der Waals surface area contributed by atoms with Crippen LogP contribution in [0.15, 0.2) is 30.0 Å². The molecule has 1 aliphatic heterocycles. The van der Waals surface area contributed by atoms with E-state index in [0.29, 0.717) is 24.5 Å². The monoisotopic (exact) mass is 461 g/mol. The van der Waals surface area contributed by atoms with Gasteiger partial charge in [-0.05, 0) is 70.1 Å². The van der Waals surface area contributed by atoms with E-state index in [1.165, 1.54) is 6.08 Å². The molecule has 3 N–H and O–H groups in total. The van der Waals surface area contributed by atoms with Gasteiger partial charge in [0.15, 0.2) is 0 Å². The van der Waals surface area contributed by atoms with E-state index < -0.39 is 17.7 Å². The van der Waals surface area contributed by atoms with Crippen LogP contribution in [0.4, 0.5) is 16.3 Å². The van der Waals surface area contributed by atoms with Crippen LogP contribution >= 0.6 is 0 Å². The maximum absolute atomic E-state index is 12.3. The number of nitrogens with one attached hydrogen (secondary N) is 1. The Morgan fingerprint density at radius 3 is 2.55 bits per heavy atom. The zero-order valence-corrected chi connectivity index (χ0v) is 19.8. The van der Waals surface area contributed by atoms with E-state index in [9.17, 15) is 19.8 Å². The van der Waals surface area contributed by atoms with Crippen molar-refractivity contribution in [2.75, 3.05) is 36.6 Å². The van der Waals surface area contributed by atoms with Crippen molar-refractivity contribution < 1.29 is 29.3 Å². The van der Waals surface area contributed by atoms with Gasteiger partial charge >= 0.3 is 12.1 Å². The first-order valence-corrected chi connectivity index (χ1v) is 11.5. The van der Waals surface area contributed by atoms with Crippen LogP contribution in [-0.4, -0.2) is 65.3 Å². The van der Waals surface area contributed by atoms with E-state index >= 15 is 0 Å². The molecule has 2 heterocycles. The second kappa shape index (κ2) is 10.5. The van der Waals surface area contributed by atoms with Crippen LogP contribution in [0.3, 0.4) is 0 Å². The highest BCUT2D eigenvalue weighted by Crippen LogP contribution is 2.46. The summed E-state index contributed by atoms with van der Waals surface area (Å²) in [6.45, 7) is 8.04. The normalized spacial score (nSPS) is 26.1. The average Bonchev–Trinajstić information content (AvgIpc) is 2.73. The third kappa shape index (κ3) is 6.03. The van der Waals surface area contributed by atoms with Crippen LogP contribution < -0.4 is 10.2 Å². The highest BCUT2D eigenvalue weighted by atomic mass is 16.6. The molecule has 1 aliphatic carbocycles. The second-order valence-corrected chi connectivity index (χ2v) is 9.58. The number of hydrogen-bond donors (Lipinski definition) is 3. The molecule has 2 fully saturated rings. The predicted molar refractivity (Wildman–Crippen MR) is 124 cm³/mol. The Labute approximate surface area is 194 Å². The fraction of sp³-hybridized carbons (Fsp3) is 0.625. The van der Waals surface area contributed by atoms with Gasteiger partial charge in [-0.1, -0.05) is 0 Å². The lowest BCUT2D eigenvalue weighted by atomic mass is 9.64. The predicted octanol–water partition coefficient (Wildman–Crippen LogP) is 2.73. The SMILES string of the molecule is CCOC(=O)C=C1[C@@H]2[C@H](CO)C[C@H](CO)[C@H]1CCN2c1ccc(NC(=O)OC(C)(C)C)cn1. The van der Waals surface area contributed by atoms with Crippen molar-refractivity contribution in [1.82, 2.24) is 4.98 Å². The van der Waals surface area contributed by atoms with E-state index in [0.717, 1.165) is 12.0 Å². The Morgan fingerprint density at radius 1 is 1.24 bits per heavy atom. The number of hydrogen-bond acceptors (Lipinski definition) is 8. The number of nitrogens with zero attached hydrogens (tertiary/aromatic N) is 2. The number of anilines is 2. The summed E-state index contributed by atoms with van der Waals surface area (Å²) in [5.41, 5.74) is 0.783. The van der Waals surface area contributed by atoms with Crippen LogP contribution in [0, 0.1) is 17.8 Å². The van der Waals surface area contributed by atoms with Crippen molar-refractivity contribution in [2.45, 2.75) is 52.2 Å². The number of ether oxygens (including phenoxy) is 2. The molecule has 1 amide bonds. The molecule has 1 saturated carbocycles. The lowest BCUT2D eigenvalue weighted by Crippen LogP contribution is -2.55. The van der Waals surface area contributed by atoms with E-state index in [1.54, 1.807) is 40.0 Å². The Balaban J connectivity index is 1.85. The van der Waals surface area contributed by atoms with Gasteiger partial charge in [-0.3, -0.25) is 5.32 Å². The molecule has 2 aliphatic rings. The van der Waals surface area contributed by atoms with Crippen molar-refractivity contribution in [2.24, 2.45) is 17.8 Å². The fourth-order valence-electron chi connectivity index (χ4n) is 4.90. The van der Waals surface area contributed by atoms with Crippen LogP contribution in [0.2, 0.25) is 0 Å². The van der Waals surface area contributed by atoms with Gasteiger partial charge in [-0.2, -0.15) is 0 Å². The largest absolute Gasteiger partial charge is 0.463 e. The number of aromatic nitrogens is 1. The van der Waals surface area contributed by atoms with Gasteiger partial charge in [-0.25, -0.2) is 14.6 Å². The summed E-state index contributed by atoms with van der Waals surface area (Å²) >= 11 is 0. The van der Waals surface area contributed by atoms with Gasteiger partial charge in [0.2, 0.25) is 0 Å². The molecule has 9 nitrogen and oxygen atoms in total. The molecule has 4 atom stereocenters. The zero-order valence-electron chi connectivity index (χ0n) is 19.8. The molecular weight excluding hydrogens is 426 g/mol. The number of rotatable bonds is 6. The summed E-state index contributed by atoms with van der Waals surface area (Å²) in [7, 11) is 0. The quantitative estimate of drug-likeness (QED) is 0.437. The number of esters is 1. The Hall–Kier alpha value is -2.65. The number of carbonyl (C=O) groups excluding carboxylic acids is 2. The van der Waals surface area contributed by atoms with Gasteiger partial charge in [-0.15, -0.1) is 0 Å². The number of pyridine rings is 1. The van der Waals surface area contributed by atoms with Gasteiger partial charge in [0, 0.05) is 31.8 Å². The van der Waals surface area contributed by atoms with E-state index in [-0.39, 0.29) is 43.6 Å². The van der Waals surface area contributed by atoms with Gasteiger partial charge in [0.05, 0.1) is 24.5 Å². The number of piperidine rings is 1. The van der Waals surface area contributed by atoms with Crippen molar-refractivity contribution in [1.29, 1.82) is 0 Å². The van der Waals surface area contributed by atoms with Gasteiger partial charge in [0.25, 0.3) is 0 Å². The molecule has 33 heavy (non-hydrogen) atoms. The van der Waals surface area contributed by atoms with Crippen LogP contribution in [-0.2, 0) is 14.3 Å². The van der Waals surface area contributed by atoms with E-state index in [4.69, 9.17) is 9.47 Å². The molecule has 1 aromatic heterocycles. The van der Waals surface area contributed by atoms with Crippen LogP contribution in [0.1, 0.15) is 40.5 Å². The van der Waals surface area contributed by atoms with Crippen molar-refractivity contribution in [3.8, 4) is 0 Å². The smallest absolute Gasteiger partial charge is 0.412 e. The maximum Gasteiger partial charge on any atom is 0.412 e. The molecule has 1 saturated heterocycles. The molecule has 0 aromatic carbocycles. The van der Waals surface area contributed by atoms with Crippen molar-refractivity contribution in [3.63, 3.8) is 0 Å². The summed E-state index contributed by atoms with van der Waals surface area (Å²) in [6.07, 6.45) is 3.96. The molecule has 182 valence electrons. The van der Waals surface area contributed by atoms with Gasteiger partial charge < -0.3 is 24.6 Å². The zero-order chi connectivity index (χ0) is 24.2. The molecule has 0 radical (unpaired) electrons. The Kier molecular flexibility index (Phi) is 7.97. The van der Waals surface area contributed by atoms with Crippen molar-refractivity contribution in [3.05, 3.63) is 30.0 Å². The van der Waals surface area contributed by atoms with Crippen LogP contribution in [0.25, 0.3) is 0 Å². The first kappa shape index (κ1) is 25.0. The molecule has 3 rings (SSSR count). The molecule has 2 bridgehead atoms. The minimum Gasteiger partial charge on any atom is -0.463 e. The summed E-state index contributed by atoms with van der Waals surface area (Å²) in [4.78, 5) is 31.0. The highest BCUT2D eigenvalue weighted by molar-refractivity contribution is 5.85. The number of carbonyl (C=O) groups is 2. The van der Waals surface area contributed by atoms with E-state index in [2.05, 4.69) is 15.2 Å². The summed E-state index contributed by atoms with van der Waals surface area (Å²) in [5, 5.41) is 22.7. The summed E-state index contributed by atoms with van der Waals surface area (Å²) < 4.78 is 10.4. The summed E-state index contributed by atoms with van der Waals surface area (Å²) in [6, 6.07) is 3.33. The van der Waals surface area contributed by atoms with Gasteiger partial charge in [0.1, 0.15) is 11.4 Å². The molecule has 9 heteroatoms. The Morgan fingerprint density at radius 2 is 1.97 bits per heavy atom. The molecule has 0 spiro atoms. The number of fused-ring (bicyclic) bond motifs is 2. The first-order chi connectivity index (χ1) is 15.7. The third-order valence-corrected chi connectivity index (χ3v) is 6.14. The average molecular weight is 462 g/mol. The molecule has 1 aromatic rings. The maximum atomic E-state index is 12.3. The van der Waals surface area contributed by atoms with E-state index in [1.807, 2.05) is 6.07 Å². The minimum absolute atomic E-state index is 0.00501. The fourth-order valence-corrected chi connectivity index (χ4v) is 4.90. The summed E-state index contributed by atoms with van der Waals surface area (Å²) in [5.74, 6) is 0.167. The Bertz CT molecular complexity index is 864. The lowest BCUT2D eigenvalue weighted by molar-refractivity contribution is -0.137. The number of aliphatic hydroxyl groups is 2. The molecule has 0 unspecified atom stereocenters. The first-order valence-electron chi connectivity index (χ1n) is 11.5. The second-order valence-electron chi connectivity index (χ2n) is 9.58. The van der Waals surface area contributed by atoms with Crippen LogP contribution in [0.5, 0.6) is 0 Å². The standard InChI is InChI=1S/C24H35N3O6/c1-5-32-21(30)11-19-18-8-9-27(22(19)16(14-29)10-15(18)13-28)20-7-6-17(12-25-20)26-23(31)33-24(2,3)4/h6-7,11-12,15-16,18,22,28-29H,5,8-10,13-14H2,1-4H3,(H,26,31)/t15-,16+,18-,22+/m1/s1. The third-order valence-electron chi connectivity index (χ3n) is 6.14. The van der Waals surface area contributed by atoms with Crippen molar-refractivity contribution >= 4 is 23.6 Å². The highest BCUT2D eigenvalue weighted by Gasteiger charge is 2.46. The number of aliphatic hydroxyl groups excluding tert-OH is 2. The topological polar surface area (TPSA) is 121 Å². The lowest BCUT2D eigenvalue weighted by Gasteiger charge is -2.52. The molecular formula is C24H35N3O6. The number of amides is 1.